The number of amides is 1. The molecule has 0 aromatic rings. The fourth-order valence-electron chi connectivity index (χ4n) is 0.723. The van der Waals surface area contributed by atoms with Crippen LogP contribution in [0.3, 0.4) is 0 Å². The van der Waals surface area contributed by atoms with Crippen molar-refractivity contribution in [1.29, 1.82) is 0 Å². The molecule has 13 heavy (non-hydrogen) atoms. The Hall–Kier alpha value is -0.910. The van der Waals surface area contributed by atoms with Gasteiger partial charge in [0.25, 0.3) is 0 Å². The zero-order valence-corrected chi connectivity index (χ0v) is 7.53. The Balaban J connectivity index is 4.32. The zero-order chi connectivity index (χ0) is 10.3. The van der Waals surface area contributed by atoms with E-state index in [9.17, 15) is 4.79 Å². The molecular weight excluding hydrogens is 174 g/mol. The molecule has 0 saturated carbocycles. The maximum atomic E-state index is 11.0. The Morgan fingerprint density at radius 1 is 1.31 bits per heavy atom. The second-order valence-electron chi connectivity index (χ2n) is 2.74. The summed E-state index contributed by atoms with van der Waals surface area (Å²) in [5.41, 5.74) is -1.34. The van der Waals surface area contributed by atoms with Gasteiger partial charge in [-0.15, -0.1) is 0 Å². The molecule has 5 heteroatoms. The van der Waals surface area contributed by atoms with Gasteiger partial charge < -0.3 is 20.6 Å². The van der Waals surface area contributed by atoms with Gasteiger partial charge in [-0.3, -0.25) is 4.79 Å². The van der Waals surface area contributed by atoms with Crippen molar-refractivity contribution in [1.82, 2.24) is 5.32 Å². The van der Waals surface area contributed by atoms with Crippen molar-refractivity contribution < 1.29 is 20.1 Å². The van der Waals surface area contributed by atoms with Crippen molar-refractivity contribution in [2.24, 2.45) is 0 Å². The van der Waals surface area contributed by atoms with Crippen molar-refractivity contribution in [2.45, 2.75) is 12.5 Å². The molecule has 0 radical (unpaired) electrons. The highest BCUT2D eigenvalue weighted by molar-refractivity contribution is 5.88. The van der Waals surface area contributed by atoms with Crippen LogP contribution in [0, 0.1) is 0 Å². The zero-order valence-electron chi connectivity index (χ0n) is 7.53. The van der Waals surface area contributed by atoms with Crippen molar-refractivity contribution in [3.8, 4) is 0 Å². The van der Waals surface area contributed by atoms with E-state index in [-0.39, 0.29) is 0 Å². The minimum atomic E-state index is -1.34. The minimum absolute atomic E-state index is 0.459. The third-order valence-electron chi connectivity index (χ3n) is 1.61. The summed E-state index contributed by atoms with van der Waals surface area (Å²) in [4.78, 5) is 11.0. The van der Waals surface area contributed by atoms with Crippen LogP contribution in [0.2, 0.25) is 0 Å². The molecule has 0 fully saturated rings. The largest absolute Gasteiger partial charge is 0.394 e. The third-order valence-corrected chi connectivity index (χ3v) is 1.61. The maximum absolute atomic E-state index is 11.0. The van der Waals surface area contributed by atoms with E-state index in [4.69, 9.17) is 15.3 Å². The van der Waals surface area contributed by atoms with E-state index in [0.717, 1.165) is 0 Å². The summed E-state index contributed by atoms with van der Waals surface area (Å²) in [5.74, 6) is -0.459. The fourth-order valence-corrected chi connectivity index (χ4v) is 0.723. The van der Waals surface area contributed by atoms with Crippen LogP contribution in [-0.4, -0.2) is 46.6 Å². The Labute approximate surface area is 76.7 Å². The van der Waals surface area contributed by atoms with E-state index < -0.39 is 31.3 Å². The molecule has 0 aromatic heterocycles. The predicted molar refractivity (Wildman–Crippen MR) is 46.9 cm³/mol. The average molecular weight is 189 g/mol. The van der Waals surface area contributed by atoms with Gasteiger partial charge in [0.1, 0.15) is 5.54 Å². The summed E-state index contributed by atoms with van der Waals surface area (Å²) in [6.07, 6.45) is 2.77. The summed E-state index contributed by atoms with van der Waals surface area (Å²) >= 11 is 0. The standard InChI is InChI=1S/C8H15NO4/c1-2-3-7(13)9-8(4-10,5-11)6-12/h2-3,10-12H,4-6H2,1H3,(H,9,13). The second kappa shape index (κ2) is 5.69. The van der Waals surface area contributed by atoms with Crippen LogP contribution in [0.15, 0.2) is 12.2 Å². The molecule has 0 unspecified atom stereocenters. The lowest BCUT2D eigenvalue weighted by molar-refractivity contribution is -0.120. The fraction of sp³-hybridized carbons (Fsp3) is 0.625. The van der Waals surface area contributed by atoms with Crippen LogP contribution >= 0.6 is 0 Å². The van der Waals surface area contributed by atoms with Gasteiger partial charge in [0.05, 0.1) is 19.8 Å². The summed E-state index contributed by atoms with van der Waals surface area (Å²) < 4.78 is 0. The number of aliphatic hydroxyl groups excluding tert-OH is 3. The molecule has 0 heterocycles. The smallest absolute Gasteiger partial charge is 0.244 e. The molecule has 0 atom stereocenters. The quantitative estimate of drug-likeness (QED) is 0.392. The summed E-state index contributed by atoms with van der Waals surface area (Å²) in [6.45, 7) is 0.133. The molecule has 76 valence electrons. The number of nitrogens with one attached hydrogen (secondary N) is 1. The lowest BCUT2D eigenvalue weighted by Crippen LogP contribution is -2.56. The Bertz CT molecular complexity index is 178. The predicted octanol–water partition coefficient (Wildman–Crippen LogP) is -1.61. The molecule has 0 aliphatic rings. The molecule has 4 N–H and O–H groups in total. The molecule has 0 aliphatic carbocycles. The molecule has 0 saturated heterocycles. The van der Waals surface area contributed by atoms with Gasteiger partial charge in [-0.2, -0.15) is 0 Å². The van der Waals surface area contributed by atoms with Crippen molar-refractivity contribution in [2.75, 3.05) is 19.8 Å². The van der Waals surface area contributed by atoms with E-state index in [1.165, 1.54) is 12.2 Å². The number of carbonyl (C=O) groups excluding carboxylic acids is 1. The monoisotopic (exact) mass is 189 g/mol. The number of rotatable bonds is 5. The van der Waals surface area contributed by atoms with Gasteiger partial charge in [0.15, 0.2) is 0 Å². The highest BCUT2D eigenvalue weighted by Gasteiger charge is 2.28. The highest BCUT2D eigenvalue weighted by Crippen LogP contribution is 2.01. The van der Waals surface area contributed by atoms with Crippen molar-refractivity contribution >= 4 is 5.91 Å². The van der Waals surface area contributed by atoms with Crippen LogP contribution in [0.4, 0.5) is 0 Å². The summed E-state index contributed by atoms with van der Waals surface area (Å²) in [5, 5.41) is 28.8. The number of carbonyl (C=O) groups is 1. The van der Waals surface area contributed by atoms with Gasteiger partial charge in [-0.1, -0.05) is 6.08 Å². The Kier molecular flexibility index (Phi) is 5.29. The van der Waals surface area contributed by atoms with E-state index in [1.807, 2.05) is 0 Å². The first-order chi connectivity index (χ1) is 6.14. The number of hydrogen-bond acceptors (Lipinski definition) is 4. The van der Waals surface area contributed by atoms with Crippen molar-refractivity contribution in [3.05, 3.63) is 12.2 Å². The lowest BCUT2D eigenvalue weighted by Gasteiger charge is -2.27. The number of hydrogen-bond donors (Lipinski definition) is 4. The molecular formula is C8H15NO4. The SMILES string of the molecule is CC=CC(=O)NC(CO)(CO)CO. The van der Waals surface area contributed by atoms with Gasteiger partial charge in [0.2, 0.25) is 5.91 Å². The lowest BCUT2D eigenvalue weighted by atomic mass is 10.0. The summed E-state index contributed by atoms with van der Waals surface area (Å²) in [7, 11) is 0. The van der Waals surface area contributed by atoms with Crippen LogP contribution in [0.1, 0.15) is 6.92 Å². The van der Waals surface area contributed by atoms with E-state index in [2.05, 4.69) is 5.32 Å². The average Bonchev–Trinajstić information content (AvgIpc) is 2.15. The molecule has 0 bridgehead atoms. The minimum Gasteiger partial charge on any atom is -0.394 e. The van der Waals surface area contributed by atoms with Gasteiger partial charge in [0, 0.05) is 0 Å². The molecule has 0 rings (SSSR count). The van der Waals surface area contributed by atoms with Crippen LogP contribution in [0.25, 0.3) is 0 Å². The van der Waals surface area contributed by atoms with E-state index >= 15 is 0 Å². The van der Waals surface area contributed by atoms with Gasteiger partial charge >= 0.3 is 0 Å². The van der Waals surface area contributed by atoms with Crippen molar-refractivity contribution in [3.63, 3.8) is 0 Å². The summed E-state index contributed by atoms with van der Waals surface area (Å²) in [6, 6.07) is 0. The molecule has 0 spiro atoms. The topological polar surface area (TPSA) is 89.8 Å². The first kappa shape index (κ1) is 12.1. The Morgan fingerprint density at radius 2 is 1.77 bits per heavy atom. The normalized spacial score (nSPS) is 12.0. The van der Waals surface area contributed by atoms with E-state index in [1.54, 1.807) is 6.92 Å². The van der Waals surface area contributed by atoms with Crippen LogP contribution in [0.5, 0.6) is 0 Å². The third kappa shape index (κ3) is 3.54. The van der Waals surface area contributed by atoms with Gasteiger partial charge in [-0.25, -0.2) is 0 Å². The van der Waals surface area contributed by atoms with Crippen LogP contribution < -0.4 is 5.32 Å². The molecule has 0 aliphatic heterocycles. The highest BCUT2D eigenvalue weighted by atomic mass is 16.3. The maximum Gasteiger partial charge on any atom is 0.244 e. The second-order valence-corrected chi connectivity index (χ2v) is 2.74. The Morgan fingerprint density at radius 3 is 2.08 bits per heavy atom. The van der Waals surface area contributed by atoms with Crippen LogP contribution in [-0.2, 0) is 4.79 Å². The van der Waals surface area contributed by atoms with E-state index in [0.29, 0.717) is 0 Å². The number of allylic oxidation sites excluding steroid dienone is 1. The first-order valence-corrected chi connectivity index (χ1v) is 3.91. The van der Waals surface area contributed by atoms with Gasteiger partial charge in [-0.05, 0) is 13.0 Å². The first-order valence-electron chi connectivity index (χ1n) is 3.91. The number of aliphatic hydroxyl groups is 3. The molecule has 1 amide bonds. The molecule has 5 nitrogen and oxygen atoms in total. The molecule has 0 aromatic carbocycles.